The summed E-state index contributed by atoms with van der Waals surface area (Å²) < 4.78 is 1.24. The molecule has 1 aromatic carbocycles. The fraction of sp³-hybridized carbons (Fsp3) is 0.190. The van der Waals surface area contributed by atoms with Gasteiger partial charge >= 0.3 is 12.0 Å². The summed E-state index contributed by atoms with van der Waals surface area (Å²) in [7, 11) is 1.50. The Morgan fingerprint density at radius 1 is 1.20 bits per heavy atom. The molecule has 0 spiro atoms. The summed E-state index contributed by atoms with van der Waals surface area (Å²) in [6.07, 6.45) is 1.12. The van der Waals surface area contributed by atoms with Crippen LogP contribution in [0.2, 0.25) is 0 Å². The lowest BCUT2D eigenvalue weighted by atomic mass is 10.1. The molecule has 2 aromatic heterocycles. The maximum Gasteiger partial charge on any atom is 0.320 e. The van der Waals surface area contributed by atoms with Crippen molar-refractivity contribution in [1.82, 2.24) is 9.88 Å². The molecular weight excluding hydrogens is 406 g/mol. The first kappa shape index (κ1) is 21.1. The Labute approximate surface area is 176 Å². The van der Waals surface area contributed by atoms with Crippen molar-refractivity contribution in [3.63, 3.8) is 0 Å². The molecule has 8 nitrogen and oxygen atoms in total. The van der Waals surface area contributed by atoms with E-state index in [0.29, 0.717) is 10.4 Å². The van der Waals surface area contributed by atoms with E-state index in [0.717, 1.165) is 11.1 Å². The van der Waals surface area contributed by atoms with Gasteiger partial charge in [0.05, 0.1) is 12.5 Å². The maximum atomic E-state index is 12.5. The maximum absolute atomic E-state index is 12.5. The van der Waals surface area contributed by atoms with Gasteiger partial charge in [0.15, 0.2) is 5.69 Å². The zero-order valence-corrected chi connectivity index (χ0v) is 17.2. The number of anilines is 1. The predicted molar refractivity (Wildman–Crippen MR) is 115 cm³/mol. The molecular formula is C21H21N3O5S. The van der Waals surface area contributed by atoms with Crippen molar-refractivity contribution >= 4 is 29.0 Å². The number of carboxylic acid groups (broad SMARTS) is 1. The molecule has 3 aromatic rings. The number of urea groups is 1. The largest absolute Gasteiger partial charge is 0.505 e. The van der Waals surface area contributed by atoms with Gasteiger partial charge < -0.3 is 25.4 Å². The number of nitrogens with zero attached hydrogens (tertiary/aromatic N) is 1. The third-order valence-corrected chi connectivity index (χ3v) is 5.57. The Balaban J connectivity index is 1.83. The minimum Gasteiger partial charge on any atom is -0.505 e. The van der Waals surface area contributed by atoms with Crippen LogP contribution in [0.25, 0.3) is 11.1 Å². The van der Waals surface area contributed by atoms with Crippen molar-refractivity contribution in [3.05, 3.63) is 68.8 Å². The highest BCUT2D eigenvalue weighted by Crippen LogP contribution is 2.31. The van der Waals surface area contributed by atoms with E-state index < -0.39 is 23.6 Å². The molecule has 0 aliphatic rings. The molecule has 2 heterocycles. The lowest BCUT2D eigenvalue weighted by Crippen LogP contribution is -2.35. The summed E-state index contributed by atoms with van der Waals surface area (Å²) in [6, 6.07) is 9.83. The monoisotopic (exact) mass is 427 g/mol. The smallest absolute Gasteiger partial charge is 0.320 e. The van der Waals surface area contributed by atoms with Crippen LogP contribution in [0.1, 0.15) is 22.9 Å². The molecule has 2 amide bonds. The van der Waals surface area contributed by atoms with Crippen molar-refractivity contribution in [1.29, 1.82) is 0 Å². The van der Waals surface area contributed by atoms with Crippen molar-refractivity contribution in [2.75, 3.05) is 5.32 Å². The Morgan fingerprint density at radius 2 is 1.90 bits per heavy atom. The van der Waals surface area contributed by atoms with Gasteiger partial charge in [-0.2, -0.15) is 0 Å². The minimum absolute atomic E-state index is 0.264. The van der Waals surface area contributed by atoms with Crippen LogP contribution < -0.4 is 16.2 Å². The number of aromatic hydroxyl groups is 1. The number of carbonyl (C=O) groups excluding carboxylic acids is 1. The highest BCUT2D eigenvalue weighted by molar-refractivity contribution is 7.10. The molecule has 30 heavy (non-hydrogen) atoms. The number of thiophene rings is 1. The number of pyridine rings is 1. The van der Waals surface area contributed by atoms with Crippen LogP contribution in [0.4, 0.5) is 10.5 Å². The first-order chi connectivity index (χ1) is 14.3. The van der Waals surface area contributed by atoms with Crippen LogP contribution in [-0.2, 0) is 11.8 Å². The summed E-state index contributed by atoms with van der Waals surface area (Å²) in [4.78, 5) is 36.7. The second-order valence-corrected chi connectivity index (χ2v) is 7.75. The summed E-state index contributed by atoms with van der Waals surface area (Å²) in [5, 5.41) is 26.2. The van der Waals surface area contributed by atoms with Crippen LogP contribution in [-0.4, -0.2) is 26.8 Å². The third kappa shape index (κ3) is 4.69. The second kappa shape index (κ2) is 8.83. The Hall–Kier alpha value is -3.59. The Kier molecular flexibility index (Phi) is 6.22. The van der Waals surface area contributed by atoms with E-state index in [1.165, 1.54) is 29.1 Å². The first-order valence-corrected chi connectivity index (χ1v) is 9.96. The Bertz CT molecular complexity index is 1140. The molecule has 1 unspecified atom stereocenters. The third-order valence-electron chi connectivity index (χ3n) is 4.52. The number of hydrogen-bond acceptors (Lipinski definition) is 5. The van der Waals surface area contributed by atoms with Gasteiger partial charge in [-0.25, -0.2) is 4.79 Å². The summed E-state index contributed by atoms with van der Waals surface area (Å²) >= 11 is 1.33. The fourth-order valence-electron chi connectivity index (χ4n) is 3.02. The van der Waals surface area contributed by atoms with Crippen molar-refractivity contribution in [2.24, 2.45) is 7.05 Å². The second-order valence-electron chi connectivity index (χ2n) is 6.80. The van der Waals surface area contributed by atoms with Gasteiger partial charge in [0.1, 0.15) is 5.75 Å². The lowest BCUT2D eigenvalue weighted by Gasteiger charge is -2.17. The predicted octanol–water partition coefficient (Wildman–Crippen LogP) is 3.47. The van der Waals surface area contributed by atoms with Gasteiger partial charge in [-0.3, -0.25) is 9.59 Å². The number of aliphatic carboxylic acids is 1. The average molecular weight is 427 g/mol. The number of nitrogens with one attached hydrogen (secondary N) is 2. The zero-order chi connectivity index (χ0) is 21.8. The Morgan fingerprint density at radius 3 is 2.57 bits per heavy atom. The number of aromatic nitrogens is 1. The van der Waals surface area contributed by atoms with Crippen LogP contribution >= 0.6 is 11.3 Å². The van der Waals surface area contributed by atoms with Gasteiger partial charge in [0.2, 0.25) is 0 Å². The number of hydrogen-bond donors (Lipinski definition) is 4. The van der Waals surface area contributed by atoms with Gasteiger partial charge in [0, 0.05) is 23.7 Å². The van der Waals surface area contributed by atoms with Crippen molar-refractivity contribution in [2.45, 2.75) is 19.4 Å². The molecule has 0 saturated carbocycles. The average Bonchev–Trinajstić information content (AvgIpc) is 3.20. The molecule has 156 valence electrons. The van der Waals surface area contributed by atoms with E-state index >= 15 is 0 Å². The molecule has 0 saturated heterocycles. The summed E-state index contributed by atoms with van der Waals surface area (Å²) in [6.45, 7) is 1.60. The number of carboxylic acids is 1. The quantitative estimate of drug-likeness (QED) is 0.480. The van der Waals surface area contributed by atoms with Gasteiger partial charge in [-0.15, -0.1) is 11.3 Å². The molecule has 9 heteroatoms. The summed E-state index contributed by atoms with van der Waals surface area (Å²) in [5.74, 6) is -1.41. The van der Waals surface area contributed by atoms with E-state index in [1.807, 2.05) is 41.8 Å². The summed E-state index contributed by atoms with van der Waals surface area (Å²) in [5.41, 5.74) is 1.47. The molecule has 0 aliphatic carbocycles. The zero-order valence-electron chi connectivity index (χ0n) is 16.4. The van der Waals surface area contributed by atoms with Gasteiger partial charge in [-0.05, 0) is 29.5 Å². The van der Waals surface area contributed by atoms with Crippen molar-refractivity contribution in [3.8, 4) is 16.9 Å². The molecule has 1 atom stereocenters. The molecule has 0 bridgehead atoms. The van der Waals surface area contributed by atoms with Crippen LogP contribution in [0, 0.1) is 6.92 Å². The SMILES string of the molecule is Cc1cn(C)c(=O)c(NC(=O)NC(CC(=O)O)c2cc(-c3ccccc3)cs2)c1O. The lowest BCUT2D eigenvalue weighted by molar-refractivity contribution is -0.137. The topological polar surface area (TPSA) is 121 Å². The highest BCUT2D eigenvalue weighted by Gasteiger charge is 2.22. The van der Waals surface area contributed by atoms with E-state index in [-0.39, 0.29) is 17.9 Å². The highest BCUT2D eigenvalue weighted by atomic mass is 32.1. The molecule has 0 radical (unpaired) electrons. The fourth-order valence-corrected chi connectivity index (χ4v) is 3.99. The van der Waals surface area contributed by atoms with E-state index in [9.17, 15) is 24.6 Å². The number of aryl methyl sites for hydroxylation is 2. The van der Waals surface area contributed by atoms with Gasteiger partial charge in [0.25, 0.3) is 5.56 Å². The standard InChI is InChI=1S/C21H21N3O5S/c1-12-10-24(2)20(28)18(19(12)27)23-21(29)22-15(9-17(25)26)16-8-14(11-30-16)13-6-4-3-5-7-13/h3-8,10-11,15,27H,9H2,1-2H3,(H,25,26)(H2,22,23,29). The number of amides is 2. The van der Waals surface area contributed by atoms with E-state index in [4.69, 9.17) is 0 Å². The van der Waals surface area contributed by atoms with E-state index in [1.54, 1.807) is 6.92 Å². The van der Waals surface area contributed by atoms with Gasteiger partial charge in [-0.1, -0.05) is 30.3 Å². The normalized spacial score (nSPS) is 11.7. The molecule has 3 rings (SSSR count). The van der Waals surface area contributed by atoms with Crippen LogP contribution in [0.3, 0.4) is 0 Å². The molecule has 0 aliphatic heterocycles. The number of carbonyl (C=O) groups is 2. The van der Waals surface area contributed by atoms with E-state index in [2.05, 4.69) is 10.6 Å². The number of benzene rings is 1. The molecule has 0 fully saturated rings. The number of rotatable bonds is 6. The van der Waals surface area contributed by atoms with Crippen LogP contribution in [0.5, 0.6) is 5.75 Å². The minimum atomic E-state index is -1.08. The van der Waals surface area contributed by atoms with Crippen LogP contribution in [0.15, 0.2) is 52.8 Å². The first-order valence-electron chi connectivity index (χ1n) is 9.08. The van der Waals surface area contributed by atoms with Crippen molar-refractivity contribution < 1.29 is 19.8 Å². The molecule has 4 N–H and O–H groups in total.